The molecule has 1 aliphatic rings. The second-order valence-electron chi connectivity index (χ2n) is 7.19. The van der Waals surface area contributed by atoms with Gasteiger partial charge in [-0.1, -0.05) is 30.3 Å². The minimum absolute atomic E-state index is 0.139. The van der Waals surface area contributed by atoms with Crippen LogP contribution in [0.25, 0.3) is 0 Å². The molecule has 0 bridgehead atoms. The molecule has 0 aromatic heterocycles. The molecule has 1 heterocycles. The van der Waals surface area contributed by atoms with Crippen LogP contribution in [0.2, 0.25) is 0 Å². The highest BCUT2D eigenvalue weighted by Crippen LogP contribution is 2.34. The fourth-order valence-electron chi connectivity index (χ4n) is 3.47. The molecule has 2 aromatic carbocycles. The summed E-state index contributed by atoms with van der Waals surface area (Å²) < 4.78 is 24.6. The highest BCUT2D eigenvalue weighted by atomic mass is 19.1. The zero-order chi connectivity index (χ0) is 22.4. The summed E-state index contributed by atoms with van der Waals surface area (Å²) in [5.41, 5.74) is 1.69. The van der Waals surface area contributed by atoms with E-state index < -0.39 is 11.9 Å². The number of amides is 2. The summed E-state index contributed by atoms with van der Waals surface area (Å²) in [6.07, 6.45) is 0.358. The summed E-state index contributed by atoms with van der Waals surface area (Å²) in [6.45, 7) is 1.88. The van der Waals surface area contributed by atoms with Crippen molar-refractivity contribution in [1.82, 2.24) is 9.91 Å². The number of nitrogens with zero attached hydrogens (tertiary/aromatic N) is 3. The normalized spacial score (nSPS) is 15.5. The van der Waals surface area contributed by atoms with Crippen LogP contribution in [-0.4, -0.2) is 61.4 Å². The molecule has 8 heteroatoms. The van der Waals surface area contributed by atoms with Gasteiger partial charge in [-0.25, -0.2) is 9.40 Å². The summed E-state index contributed by atoms with van der Waals surface area (Å²) in [6, 6.07) is 13.3. The Balaban J connectivity index is 1.91. The lowest BCUT2D eigenvalue weighted by Crippen LogP contribution is -2.41. The Kier molecular flexibility index (Phi) is 7.36. The van der Waals surface area contributed by atoms with E-state index in [0.717, 1.165) is 5.56 Å². The van der Waals surface area contributed by atoms with Crippen LogP contribution in [0.5, 0.6) is 5.75 Å². The van der Waals surface area contributed by atoms with Crippen LogP contribution in [0, 0.1) is 5.82 Å². The van der Waals surface area contributed by atoms with Gasteiger partial charge >= 0.3 is 0 Å². The molecule has 7 nitrogen and oxygen atoms in total. The van der Waals surface area contributed by atoms with Crippen molar-refractivity contribution in [3.63, 3.8) is 0 Å². The van der Waals surface area contributed by atoms with Crippen LogP contribution in [-0.2, 0) is 14.3 Å². The maximum absolute atomic E-state index is 14.4. The van der Waals surface area contributed by atoms with E-state index in [1.165, 1.54) is 30.0 Å². The fourth-order valence-corrected chi connectivity index (χ4v) is 3.47. The third kappa shape index (κ3) is 5.27. The maximum Gasteiger partial charge on any atom is 0.262 e. The molecule has 0 saturated carbocycles. The molecule has 0 spiro atoms. The number of carbonyl (C=O) groups excluding carboxylic acids is 2. The molecule has 0 N–H and O–H groups in total. The topological polar surface area (TPSA) is 71.4 Å². The minimum atomic E-state index is -0.413. The second kappa shape index (κ2) is 10.2. The lowest BCUT2D eigenvalue weighted by molar-refractivity contribution is -0.141. The first-order valence-electron chi connectivity index (χ1n) is 9.97. The SMILES string of the molecule is COCCN(CC(=O)N1N=C(c2ccccc2F)C[C@H]1c1ccc(OC)cc1)C(C)=O. The van der Waals surface area contributed by atoms with Crippen molar-refractivity contribution in [2.75, 3.05) is 33.9 Å². The summed E-state index contributed by atoms with van der Waals surface area (Å²) >= 11 is 0. The number of carbonyl (C=O) groups is 2. The zero-order valence-corrected chi connectivity index (χ0v) is 17.9. The molecule has 0 fully saturated rings. The molecule has 164 valence electrons. The van der Waals surface area contributed by atoms with Crippen LogP contribution in [0.4, 0.5) is 4.39 Å². The Morgan fingerprint density at radius 3 is 2.48 bits per heavy atom. The van der Waals surface area contributed by atoms with Gasteiger partial charge in [0.25, 0.3) is 5.91 Å². The Morgan fingerprint density at radius 2 is 1.87 bits per heavy atom. The summed E-state index contributed by atoms with van der Waals surface area (Å²) in [5.74, 6) is -0.283. The third-order valence-corrected chi connectivity index (χ3v) is 5.19. The molecule has 0 aliphatic carbocycles. The molecule has 2 aromatic rings. The minimum Gasteiger partial charge on any atom is -0.497 e. The molecular weight excluding hydrogens is 401 g/mol. The number of hydrogen-bond donors (Lipinski definition) is 0. The third-order valence-electron chi connectivity index (χ3n) is 5.19. The largest absolute Gasteiger partial charge is 0.497 e. The van der Waals surface area contributed by atoms with E-state index >= 15 is 0 Å². The van der Waals surface area contributed by atoms with Gasteiger partial charge in [0.05, 0.1) is 25.5 Å². The van der Waals surface area contributed by atoms with Crippen molar-refractivity contribution in [3.05, 3.63) is 65.5 Å². The van der Waals surface area contributed by atoms with Crippen molar-refractivity contribution < 1.29 is 23.5 Å². The van der Waals surface area contributed by atoms with E-state index in [9.17, 15) is 14.0 Å². The van der Waals surface area contributed by atoms with Gasteiger partial charge in [-0.05, 0) is 23.8 Å². The maximum atomic E-state index is 14.4. The lowest BCUT2D eigenvalue weighted by Gasteiger charge is -2.26. The fraction of sp³-hybridized carbons (Fsp3) is 0.348. The first-order chi connectivity index (χ1) is 14.9. The summed E-state index contributed by atoms with van der Waals surface area (Å²) in [7, 11) is 3.11. The molecule has 1 aliphatic heterocycles. The molecule has 3 rings (SSSR count). The standard InChI is InChI=1S/C23H26FN3O4/c1-16(28)26(12-13-30-2)15-23(29)27-22(17-8-10-18(31-3)11-9-17)14-21(25-27)19-6-4-5-7-20(19)24/h4-11,22H,12-15H2,1-3H3/t22-/m0/s1. The van der Waals surface area contributed by atoms with E-state index in [0.29, 0.717) is 36.6 Å². The number of methoxy groups -OCH3 is 2. The number of halogens is 1. The van der Waals surface area contributed by atoms with Crippen molar-refractivity contribution >= 4 is 17.5 Å². The molecule has 0 unspecified atom stereocenters. The quantitative estimate of drug-likeness (QED) is 0.649. The number of ether oxygens (including phenoxy) is 2. The van der Waals surface area contributed by atoms with Crippen molar-refractivity contribution in [2.24, 2.45) is 5.10 Å². The predicted octanol–water partition coefficient (Wildman–Crippen LogP) is 3.01. The van der Waals surface area contributed by atoms with E-state index in [2.05, 4.69) is 5.10 Å². The van der Waals surface area contributed by atoms with E-state index in [1.54, 1.807) is 37.4 Å². The molecule has 2 amide bonds. The van der Waals surface area contributed by atoms with Gasteiger partial charge < -0.3 is 14.4 Å². The molecule has 31 heavy (non-hydrogen) atoms. The monoisotopic (exact) mass is 427 g/mol. The van der Waals surface area contributed by atoms with Crippen molar-refractivity contribution in [2.45, 2.75) is 19.4 Å². The first kappa shape index (κ1) is 22.4. The van der Waals surface area contributed by atoms with E-state index in [4.69, 9.17) is 9.47 Å². The highest BCUT2D eigenvalue weighted by Gasteiger charge is 2.34. The van der Waals surface area contributed by atoms with E-state index in [-0.39, 0.29) is 18.4 Å². The van der Waals surface area contributed by atoms with Gasteiger partial charge in [0.1, 0.15) is 18.1 Å². The van der Waals surface area contributed by atoms with Gasteiger partial charge in [0.2, 0.25) is 5.91 Å². The number of hydrazone groups is 1. The number of hydrogen-bond acceptors (Lipinski definition) is 5. The average molecular weight is 427 g/mol. The van der Waals surface area contributed by atoms with Crippen LogP contribution in [0.3, 0.4) is 0 Å². The zero-order valence-electron chi connectivity index (χ0n) is 17.9. The lowest BCUT2D eigenvalue weighted by atomic mass is 9.98. The van der Waals surface area contributed by atoms with Crippen molar-refractivity contribution in [1.29, 1.82) is 0 Å². The summed E-state index contributed by atoms with van der Waals surface area (Å²) in [5, 5.41) is 5.83. The van der Waals surface area contributed by atoms with Crippen molar-refractivity contribution in [3.8, 4) is 5.75 Å². The van der Waals surface area contributed by atoms with Gasteiger partial charge in [0.15, 0.2) is 0 Å². The summed E-state index contributed by atoms with van der Waals surface area (Å²) in [4.78, 5) is 26.5. The average Bonchev–Trinajstić information content (AvgIpc) is 3.22. The van der Waals surface area contributed by atoms with Gasteiger partial charge in [0, 0.05) is 32.6 Å². The Labute approximate surface area is 181 Å². The smallest absolute Gasteiger partial charge is 0.262 e. The van der Waals surface area contributed by atoms with E-state index in [1.807, 2.05) is 12.1 Å². The first-order valence-corrected chi connectivity index (χ1v) is 9.97. The predicted molar refractivity (Wildman–Crippen MR) is 114 cm³/mol. The van der Waals surface area contributed by atoms with Crippen LogP contribution < -0.4 is 4.74 Å². The van der Waals surface area contributed by atoms with Gasteiger partial charge in [-0.2, -0.15) is 5.10 Å². The van der Waals surface area contributed by atoms with Gasteiger partial charge in [-0.15, -0.1) is 0 Å². The van der Waals surface area contributed by atoms with Crippen LogP contribution in [0.1, 0.15) is 30.5 Å². The molecule has 1 atom stereocenters. The molecular formula is C23H26FN3O4. The second-order valence-corrected chi connectivity index (χ2v) is 7.19. The Bertz CT molecular complexity index is 962. The van der Waals surface area contributed by atoms with Crippen LogP contribution in [0.15, 0.2) is 53.6 Å². The Morgan fingerprint density at radius 1 is 1.16 bits per heavy atom. The Hall–Kier alpha value is -3.26. The molecule has 0 saturated heterocycles. The highest BCUT2D eigenvalue weighted by molar-refractivity contribution is 6.03. The molecule has 0 radical (unpaired) electrons. The van der Waals surface area contributed by atoms with Gasteiger partial charge in [-0.3, -0.25) is 9.59 Å². The number of rotatable bonds is 8. The van der Waals surface area contributed by atoms with Crippen LogP contribution >= 0.6 is 0 Å². The number of benzene rings is 2.